The molecule has 0 saturated carbocycles. The minimum absolute atomic E-state index is 0.0445. The Morgan fingerprint density at radius 1 is 1.16 bits per heavy atom. The summed E-state index contributed by atoms with van der Waals surface area (Å²) in [6.07, 6.45) is 2.66. The lowest BCUT2D eigenvalue weighted by Crippen LogP contribution is -2.33. The van der Waals surface area contributed by atoms with Crippen LogP contribution in [0.5, 0.6) is 5.75 Å². The second-order valence-electron chi connectivity index (χ2n) is 8.26. The van der Waals surface area contributed by atoms with Crippen molar-refractivity contribution in [2.75, 3.05) is 40.8 Å². The second kappa shape index (κ2) is 10.9. The molecule has 0 atom stereocenters. The summed E-state index contributed by atoms with van der Waals surface area (Å²) >= 11 is 0. The number of carbonyl (C=O) groups excluding carboxylic acids is 1. The van der Waals surface area contributed by atoms with E-state index in [2.05, 4.69) is 34.5 Å². The minimum Gasteiger partial charge on any atom is -0.496 e. The number of hydrogen-bond donors (Lipinski definition) is 1. The van der Waals surface area contributed by atoms with E-state index in [4.69, 9.17) is 4.74 Å². The number of ether oxygens (including phenoxy) is 1. The Hall–Kier alpha value is -2.42. The molecule has 7 nitrogen and oxygen atoms in total. The Bertz CT molecular complexity index is 1040. The summed E-state index contributed by atoms with van der Waals surface area (Å²) in [4.78, 5) is 15.0. The Labute approximate surface area is 191 Å². The third-order valence-corrected chi connectivity index (χ3v) is 7.65. The van der Waals surface area contributed by atoms with E-state index in [1.807, 2.05) is 0 Å². The van der Waals surface area contributed by atoms with Gasteiger partial charge in [0.15, 0.2) is 0 Å². The van der Waals surface area contributed by atoms with Gasteiger partial charge in [-0.05, 0) is 54.2 Å². The van der Waals surface area contributed by atoms with Crippen molar-refractivity contribution in [2.24, 2.45) is 0 Å². The van der Waals surface area contributed by atoms with Crippen LogP contribution in [-0.2, 0) is 34.2 Å². The van der Waals surface area contributed by atoms with E-state index in [0.717, 1.165) is 32.5 Å². The summed E-state index contributed by atoms with van der Waals surface area (Å²) in [5, 5.41) is 2.98. The van der Waals surface area contributed by atoms with Crippen molar-refractivity contribution < 1.29 is 17.9 Å². The average molecular weight is 460 g/mol. The molecule has 32 heavy (non-hydrogen) atoms. The quantitative estimate of drug-likeness (QED) is 0.552. The fourth-order valence-corrected chi connectivity index (χ4v) is 4.89. The Kier molecular flexibility index (Phi) is 8.28. The van der Waals surface area contributed by atoms with Gasteiger partial charge in [0.25, 0.3) is 0 Å². The zero-order chi connectivity index (χ0) is 23.1. The summed E-state index contributed by atoms with van der Waals surface area (Å²) in [6, 6.07) is 13.3. The predicted octanol–water partition coefficient (Wildman–Crippen LogP) is 2.44. The molecule has 8 heteroatoms. The molecule has 1 N–H and O–H groups in total. The fraction of sp³-hybridized carbons (Fsp3) is 0.458. The van der Waals surface area contributed by atoms with E-state index < -0.39 is 10.0 Å². The molecule has 0 aromatic heterocycles. The largest absolute Gasteiger partial charge is 0.496 e. The first kappa shape index (κ1) is 24.2. The highest BCUT2D eigenvalue weighted by Crippen LogP contribution is 2.25. The lowest BCUT2D eigenvalue weighted by molar-refractivity contribution is -0.121. The number of rotatable bonds is 10. The molecule has 0 bridgehead atoms. The minimum atomic E-state index is -3.54. The predicted molar refractivity (Wildman–Crippen MR) is 125 cm³/mol. The summed E-state index contributed by atoms with van der Waals surface area (Å²) < 4.78 is 31.3. The van der Waals surface area contributed by atoms with Gasteiger partial charge in [0, 0.05) is 46.7 Å². The third-order valence-electron chi connectivity index (χ3n) is 5.83. The number of nitrogens with zero attached hydrogens (tertiary/aromatic N) is 2. The first-order valence-electron chi connectivity index (χ1n) is 11.0. The van der Waals surface area contributed by atoms with E-state index in [1.54, 1.807) is 12.1 Å². The van der Waals surface area contributed by atoms with Crippen LogP contribution in [0, 0.1) is 0 Å². The van der Waals surface area contributed by atoms with Gasteiger partial charge in [0.2, 0.25) is 15.9 Å². The monoisotopic (exact) mass is 459 g/mol. The van der Waals surface area contributed by atoms with Gasteiger partial charge >= 0.3 is 0 Å². The van der Waals surface area contributed by atoms with Gasteiger partial charge in [-0.3, -0.25) is 9.69 Å². The SMILES string of the molecule is COc1ccc(S(=O)(=O)N(C)C)cc1CCC(=O)NCCCN1CCc2ccccc2C1. The standard InChI is InChI=1S/C24H33N3O4S/c1-26(2)32(29,30)22-10-11-23(31-3)20(17-22)9-12-24(28)25-14-6-15-27-16-13-19-7-4-5-8-21(19)18-27/h4-5,7-8,10-11,17H,6,9,12-16,18H2,1-3H3,(H,25,28). The maximum Gasteiger partial charge on any atom is 0.242 e. The van der Waals surface area contributed by atoms with E-state index in [1.165, 1.54) is 42.7 Å². The van der Waals surface area contributed by atoms with Gasteiger partial charge in [-0.15, -0.1) is 0 Å². The normalized spacial score (nSPS) is 14.2. The molecule has 3 rings (SSSR count). The van der Waals surface area contributed by atoms with Crippen molar-refractivity contribution in [3.8, 4) is 5.75 Å². The number of sulfonamides is 1. The molecule has 0 aliphatic carbocycles. The van der Waals surface area contributed by atoms with E-state index in [-0.39, 0.29) is 17.2 Å². The molecule has 1 aliphatic rings. The van der Waals surface area contributed by atoms with Crippen molar-refractivity contribution in [3.63, 3.8) is 0 Å². The smallest absolute Gasteiger partial charge is 0.242 e. The zero-order valence-corrected chi connectivity index (χ0v) is 20.0. The number of benzene rings is 2. The fourth-order valence-electron chi connectivity index (χ4n) is 3.93. The summed E-state index contributed by atoms with van der Waals surface area (Å²) in [6.45, 7) is 3.60. The highest BCUT2D eigenvalue weighted by molar-refractivity contribution is 7.89. The maximum atomic E-state index is 12.4. The van der Waals surface area contributed by atoms with Crippen LogP contribution in [0.3, 0.4) is 0 Å². The van der Waals surface area contributed by atoms with Gasteiger partial charge in [-0.2, -0.15) is 0 Å². The van der Waals surface area contributed by atoms with E-state index in [9.17, 15) is 13.2 Å². The number of amides is 1. The average Bonchev–Trinajstić information content (AvgIpc) is 2.80. The van der Waals surface area contributed by atoms with Gasteiger partial charge in [-0.1, -0.05) is 24.3 Å². The summed E-state index contributed by atoms with van der Waals surface area (Å²) in [5.41, 5.74) is 3.54. The van der Waals surface area contributed by atoms with Crippen LogP contribution >= 0.6 is 0 Å². The number of fused-ring (bicyclic) bond motifs is 1. The number of hydrogen-bond acceptors (Lipinski definition) is 5. The molecule has 0 spiro atoms. The summed E-state index contributed by atoms with van der Waals surface area (Å²) in [7, 11) is 0.993. The van der Waals surface area contributed by atoms with E-state index in [0.29, 0.717) is 24.3 Å². The number of methoxy groups -OCH3 is 1. The van der Waals surface area contributed by atoms with Crippen LogP contribution in [0.15, 0.2) is 47.4 Å². The first-order valence-corrected chi connectivity index (χ1v) is 12.4. The van der Waals surface area contributed by atoms with Crippen molar-refractivity contribution in [3.05, 3.63) is 59.2 Å². The number of carbonyl (C=O) groups is 1. The second-order valence-corrected chi connectivity index (χ2v) is 10.4. The molecule has 1 amide bonds. The van der Waals surface area contributed by atoms with E-state index >= 15 is 0 Å². The summed E-state index contributed by atoms with van der Waals surface area (Å²) in [5.74, 6) is 0.540. The Morgan fingerprint density at radius 2 is 1.91 bits per heavy atom. The van der Waals surface area contributed by atoms with Crippen molar-refractivity contribution in [2.45, 2.75) is 37.1 Å². The molecule has 2 aromatic rings. The van der Waals surface area contributed by atoms with Crippen LogP contribution in [0.4, 0.5) is 0 Å². The molecule has 1 heterocycles. The molecule has 0 radical (unpaired) electrons. The highest BCUT2D eigenvalue weighted by Gasteiger charge is 2.19. The van der Waals surface area contributed by atoms with Crippen molar-refractivity contribution in [1.82, 2.24) is 14.5 Å². The van der Waals surface area contributed by atoms with Crippen molar-refractivity contribution in [1.29, 1.82) is 0 Å². The Morgan fingerprint density at radius 3 is 2.62 bits per heavy atom. The molecule has 0 saturated heterocycles. The molecule has 1 aliphatic heterocycles. The Balaban J connectivity index is 1.45. The first-order chi connectivity index (χ1) is 15.3. The topological polar surface area (TPSA) is 79.0 Å². The third kappa shape index (κ3) is 6.09. The molecule has 0 fully saturated rings. The van der Waals surface area contributed by atoms with Gasteiger partial charge in [0.05, 0.1) is 12.0 Å². The highest BCUT2D eigenvalue weighted by atomic mass is 32.2. The van der Waals surface area contributed by atoms with Gasteiger partial charge in [0.1, 0.15) is 5.75 Å². The number of aryl methyl sites for hydroxylation is 1. The molecule has 0 unspecified atom stereocenters. The van der Waals surface area contributed by atoms with Crippen LogP contribution in [-0.4, -0.2) is 64.4 Å². The number of nitrogens with one attached hydrogen (secondary N) is 1. The van der Waals surface area contributed by atoms with Crippen LogP contribution in [0.25, 0.3) is 0 Å². The molecular weight excluding hydrogens is 426 g/mol. The molecular formula is C24H33N3O4S. The maximum absolute atomic E-state index is 12.4. The lowest BCUT2D eigenvalue weighted by atomic mass is 10.00. The van der Waals surface area contributed by atoms with Gasteiger partial charge in [-0.25, -0.2) is 12.7 Å². The zero-order valence-electron chi connectivity index (χ0n) is 19.1. The van der Waals surface area contributed by atoms with Crippen LogP contribution in [0.1, 0.15) is 29.5 Å². The van der Waals surface area contributed by atoms with Crippen LogP contribution < -0.4 is 10.1 Å². The van der Waals surface area contributed by atoms with Crippen LogP contribution in [0.2, 0.25) is 0 Å². The van der Waals surface area contributed by atoms with Crippen molar-refractivity contribution >= 4 is 15.9 Å². The lowest BCUT2D eigenvalue weighted by Gasteiger charge is -2.28. The molecule has 2 aromatic carbocycles. The molecule has 174 valence electrons. The van der Waals surface area contributed by atoms with Gasteiger partial charge < -0.3 is 10.1 Å².